The molecule has 1 aliphatic heterocycles. The molecule has 1 aromatic carbocycles. The summed E-state index contributed by atoms with van der Waals surface area (Å²) < 4.78 is 20.5. The normalized spacial score (nSPS) is 12.3. The van der Waals surface area contributed by atoms with E-state index in [0.717, 1.165) is 17.7 Å². The van der Waals surface area contributed by atoms with Crippen molar-refractivity contribution in [3.63, 3.8) is 0 Å². The molecule has 0 atom stereocenters. The average Bonchev–Trinajstić information content (AvgIpc) is 3.16. The lowest BCUT2D eigenvalue weighted by molar-refractivity contribution is -0.402. The van der Waals surface area contributed by atoms with E-state index in [1.807, 2.05) is 6.07 Å². The number of benzene rings is 1. The molecule has 0 saturated heterocycles. The maximum Gasteiger partial charge on any atom is 0.433 e. The Hall–Kier alpha value is -3.56. The Bertz CT molecular complexity index is 876. The molecule has 3 rings (SSSR count). The Balaban J connectivity index is 1.53. The van der Waals surface area contributed by atoms with Crippen molar-refractivity contribution in [2.24, 2.45) is 0 Å². The molecule has 2 aromatic rings. The van der Waals surface area contributed by atoms with E-state index in [-0.39, 0.29) is 12.3 Å². The summed E-state index contributed by atoms with van der Waals surface area (Å²) in [5, 5.41) is 10.5. The van der Waals surface area contributed by atoms with Crippen molar-refractivity contribution in [2.45, 2.75) is 6.54 Å². The zero-order valence-electron chi connectivity index (χ0n) is 14.4. The van der Waals surface area contributed by atoms with Crippen LogP contribution in [-0.2, 0) is 16.1 Å². The second-order valence-electron chi connectivity index (χ2n) is 5.70. The van der Waals surface area contributed by atoms with Crippen molar-refractivity contribution in [2.75, 3.05) is 26.9 Å². The molecule has 1 aromatic heterocycles. The first-order chi connectivity index (χ1) is 12.9. The predicted octanol–water partition coefficient (Wildman–Crippen LogP) is 1.77. The molecule has 142 valence electrons. The third-order valence-electron chi connectivity index (χ3n) is 3.75. The van der Waals surface area contributed by atoms with Gasteiger partial charge >= 0.3 is 11.9 Å². The molecule has 10 nitrogen and oxygen atoms in total. The van der Waals surface area contributed by atoms with Gasteiger partial charge in [0.15, 0.2) is 18.1 Å². The van der Waals surface area contributed by atoms with Gasteiger partial charge in [-0.2, -0.15) is 0 Å². The van der Waals surface area contributed by atoms with Gasteiger partial charge in [-0.25, -0.2) is 4.79 Å². The molecule has 0 N–H and O–H groups in total. The molecule has 0 fully saturated rings. The summed E-state index contributed by atoms with van der Waals surface area (Å²) in [6, 6.07) is 7.51. The van der Waals surface area contributed by atoms with Gasteiger partial charge in [-0.1, -0.05) is 6.07 Å². The standard InChI is InChI=1S/C17H16N2O8/c1-18(9-11-2-3-12-14(8-11)25-7-6-24-12)15(20)10-26-17(21)13-4-5-16(27-13)19(22)23/h2-5,8H,6-7,9-10H2,1H3. The summed E-state index contributed by atoms with van der Waals surface area (Å²) in [6.07, 6.45) is 0. The summed E-state index contributed by atoms with van der Waals surface area (Å²) in [7, 11) is 1.56. The Morgan fingerprint density at radius 3 is 2.63 bits per heavy atom. The van der Waals surface area contributed by atoms with Crippen molar-refractivity contribution in [1.82, 2.24) is 4.90 Å². The molecule has 2 heterocycles. The van der Waals surface area contributed by atoms with Gasteiger partial charge < -0.3 is 23.5 Å². The lowest BCUT2D eigenvalue weighted by Gasteiger charge is -2.21. The van der Waals surface area contributed by atoms with Crippen LogP contribution in [0, 0.1) is 10.1 Å². The van der Waals surface area contributed by atoms with Crippen LogP contribution in [0.5, 0.6) is 11.5 Å². The fourth-order valence-electron chi connectivity index (χ4n) is 2.39. The van der Waals surface area contributed by atoms with Gasteiger partial charge in [-0.3, -0.25) is 14.9 Å². The van der Waals surface area contributed by atoms with Crippen LogP contribution in [0.1, 0.15) is 16.1 Å². The van der Waals surface area contributed by atoms with Gasteiger partial charge in [-0.15, -0.1) is 0 Å². The number of hydrogen-bond donors (Lipinski definition) is 0. The summed E-state index contributed by atoms with van der Waals surface area (Å²) >= 11 is 0. The largest absolute Gasteiger partial charge is 0.486 e. The number of fused-ring (bicyclic) bond motifs is 1. The Kier molecular flexibility index (Phi) is 5.25. The quantitative estimate of drug-likeness (QED) is 0.425. The van der Waals surface area contributed by atoms with E-state index in [2.05, 4.69) is 0 Å². The van der Waals surface area contributed by atoms with E-state index in [0.29, 0.717) is 24.7 Å². The third kappa shape index (κ3) is 4.35. The number of carbonyl (C=O) groups is 2. The number of amides is 1. The number of carbonyl (C=O) groups excluding carboxylic acids is 2. The average molecular weight is 376 g/mol. The van der Waals surface area contributed by atoms with Gasteiger partial charge in [-0.05, 0) is 23.8 Å². The minimum Gasteiger partial charge on any atom is -0.486 e. The van der Waals surface area contributed by atoms with Crippen LogP contribution in [0.2, 0.25) is 0 Å². The number of furan rings is 1. The summed E-state index contributed by atoms with van der Waals surface area (Å²) in [5.41, 5.74) is 0.822. The third-order valence-corrected chi connectivity index (χ3v) is 3.75. The number of ether oxygens (including phenoxy) is 3. The molecule has 0 unspecified atom stereocenters. The van der Waals surface area contributed by atoms with Gasteiger partial charge in [0.2, 0.25) is 5.76 Å². The van der Waals surface area contributed by atoms with Crippen LogP contribution in [-0.4, -0.2) is 48.6 Å². The van der Waals surface area contributed by atoms with Crippen LogP contribution in [0.15, 0.2) is 34.7 Å². The van der Waals surface area contributed by atoms with Crippen LogP contribution < -0.4 is 9.47 Å². The molecule has 0 bridgehead atoms. The molecule has 27 heavy (non-hydrogen) atoms. The first-order valence-electron chi connectivity index (χ1n) is 7.98. The smallest absolute Gasteiger partial charge is 0.433 e. The highest BCUT2D eigenvalue weighted by Crippen LogP contribution is 2.31. The van der Waals surface area contributed by atoms with Gasteiger partial charge in [0.25, 0.3) is 5.91 Å². The zero-order chi connectivity index (χ0) is 19.4. The highest BCUT2D eigenvalue weighted by molar-refractivity contribution is 5.89. The van der Waals surface area contributed by atoms with Crippen molar-refractivity contribution < 1.29 is 33.1 Å². The maximum atomic E-state index is 12.1. The number of nitro groups is 1. The topological polar surface area (TPSA) is 121 Å². The van der Waals surface area contributed by atoms with Crippen LogP contribution in [0.25, 0.3) is 0 Å². The van der Waals surface area contributed by atoms with E-state index < -0.39 is 29.3 Å². The van der Waals surface area contributed by atoms with E-state index in [1.165, 1.54) is 4.90 Å². The van der Waals surface area contributed by atoms with Crippen molar-refractivity contribution >= 4 is 17.8 Å². The molecule has 0 spiro atoms. The monoisotopic (exact) mass is 376 g/mol. The fourth-order valence-corrected chi connectivity index (χ4v) is 2.39. The molecular formula is C17H16N2O8. The SMILES string of the molecule is CN(Cc1ccc2c(c1)OCCO2)C(=O)COC(=O)c1ccc([N+](=O)[O-])o1. The summed E-state index contributed by atoms with van der Waals surface area (Å²) in [4.78, 5) is 35.1. The van der Waals surface area contributed by atoms with Crippen molar-refractivity contribution in [3.05, 3.63) is 51.8 Å². The first-order valence-corrected chi connectivity index (χ1v) is 7.98. The van der Waals surface area contributed by atoms with Crippen molar-refractivity contribution in [3.8, 4) is 11.5 Å². The molecule has 1 aliphatic rings. The van der Waals surface area contributed by atoms with Crippen LogP contribution >= 0.6 is 0 Å². The minimum atomic E-state index is -0.954. The lowest BCUT2D eigenvalue weighted by atomic mass is 10.2. The van der Waals surface area contributed by atoms with Crippen molar-refractivity contribution in [1.29, 1.82) is 0 Å². The minimum absolute atomic E-state index is 0.277. The molecule has 1 amide bonds. The Morgan fingerprint density at radius 1 is 1.19 bits per heavy atom. The molecule has 0 saturated carbocycles. The number of nitrogens with zero attached hydrogens (tertiary/aromatic N) is 2. The van der Waals surface area contributed by atoms with E-state index in [4.69, 9.17) is 18.6 Å². The first kappa shape index (κ1) is 18.2. The van der Waals surface area contributed by atoms with E-state index >= 15 is 0 Å². The van der Waals surface area contributed by atoms with Crippen LogP contribution in [0.4, 0.5) is 5.88 Å². The Morgan fingerprint density at radius 2 is 1.93 bits per heavy atom. The zero-order valence-corrected chi connectivity index (χ0v) is 14.4. The predicted molar refractivity (Wildman–Crippen MR) is 89.6 cm³/mol. The Labute approximate surface area is 153 Å². The van der Waals surface area contributed by atoms with E-state index in [1.54, 1.807) is 19.2 Å². The highest BCUT2D eigenvalue weighted by atomic mass is 16.7. The second-order valence-corrected chi connectivity index (χ2v) is 5.70. The van der Waals surface area contributed by atoms with Gasteiger partial charge in [0, 0.05) is 13.6 Å². The maximum absolute atomic E-state index is 12.1. The number of hydrogen-bond acceptors (Lipinski definition) is 8. The summed E-state index contributed by atoms with van der Waals surface area (Å²) in [6.45, 7) is 0.717. The second kappa shape index (κ2) is 7.77. The van der Waals surface area contributed by atoms with Gasteiger partial charge in [0.05, 0.1) is 6.07 Å². The number of likely N-dealkylation sites (N-methyl/N-ethyl adjacent to an activating group) is 1. The number of rotatable bonds is 6. The molecule has 0 radical (unpaired) electrons. The number of esters is 1. The molecule has 10 heteroatoms. The lowest BCUT2D eigenvalue weighted by Crippen LogP contribution is -2.30. The highest BCUT2D eigenvalue weighted by Gasteiger charge is 2.20. The summed E-state index contributed by atoms with van der Waals surface area (Å²) in [5.74, 6) is -1.05. The molecular weight excluding hydrogens is 360 g/mol. The van der Waals surface area contributed by atoms with E-state index in [9.17, 15) is 19.7 Å². The van der Waals surface area contributed by atoms with Gasteiger partial charge in [0.1, 0.15) is 18.1 Å². The fraction of sp³-hybridized carbons (Fsp3) is 0.294. The molecule has 0 aliphatic carbocycles. The van der Waals surface area contributed by atoms with Crippen LogP contribution in [0.3, 0.4) is 0 Å².